The van der Waals surface area contributed by atoms with Crippen molar-refractivity contribution in [3.8, 4) is 11.5 Å². The van der Waals surface area contributed by atoms with Crippen molar-refractivity contribution >= 4 is 45.7 Å². The molecule has 7 nitrogen and oxygen atoms in total. The summed E-state index contributed by atoms with van der Waals surface area (Å²) < 4.78 is 16.9. The average Bonchev–Trinajstić information content (AvgIpc) is 3.10. The molecule has 0 saturated carbocycles. The number of hydrogen-bond acceptors (Lipinski definition) is 7. The van der Waals surface area contributed by atoms with Crippen LogP contribution in [0, 0.1) is 0 Å². The maximum absolute atomic E-state index is 12.7. The first-order chi connectivity index (χ1) is 17.3. The standard InChI is InChI=1S/C28H27NO6S/c1-4-33-24-14-19(15-25-27(31)29(28(32)36-25)16-26(30)35-18(2)3)10-12-23(24)34-17-20-9-11-21-7-5-6-8-22(21)13-20/h5-15,18H,4,16-17H2,1-3H3/b25-15-. The summed E-state index contributed by atoms with van der Waals surface area (Å²) in [4.78, 5) is 38.1. The predicted octanol–water partition coefficient (Wildman–Crippen LogP) is 5.81. The van der Waals surface area contributed by atoms with Crippen LogP contribution in [0.2, 0.25) is 0 Å². The van der Waals surface area contributed by atoms with Gasteiger partial charge in [0.1, 0.15) is 13.2 Å². The van der Waals surface area contributed by atoms with Gasteiger partial charge in [-0.25, -0.2) is 0 Å². The van der Waals surface area contributed by atoms with Gasteiger partial charge in [0.25, 0.3) is 11.1 Å². The number of ether oxygens (including phenoxy) is 3. The lowest BCUT2D eigenvalue weighted by atomic mass is 10.1. The molecule has 0 aromatic heterocycles. The van der Waals surface area contributed by atoms with E-state index in [1.165, 1.54) is 5.39 Å². The van der Waals surface area contributed by atoms with Gasteiger partial charge >= 0.3 is 5.97 Å². The van der Waals surface area contributed by atoms with Crippen molar-refractivity contribution < 1.29 is 28.6 Å². The summed E-state index contributed by atoms with van der Waals surface area (Å²) in [5.74, 6) is -0.0427. The van der Waals surface area contributed by atoms with E-state index >= 15 is 0 Å². The van der Waals surface area contributed by atoms with E-state index in [9.17, 15) is 14.4 Å². The van der Waals surface area contributed by atoms with E-state index < -0.39 is 23.7 Å². The third-order valence-corrected chi connectivity index (χ3v) is 6.21. The van der Waals surface area contributed by atoms with Crippen molar-refractivity contribution in [2.24, 2.45) is 0 Å². The number of thioether (sulfide) groups is 1. The Morgan fingerprint density at radius 3 is 2.50 bits per heavy atom. The molecular formula is C28H27NO6S. The van der Waals surface area contributed by atoms with Crippen LogP contribution in [0.4, 0.5) is 4.79 Å². The van der Waals surface area contributed by atoms with Crippen LogP contribution in [0.15, 0.2) is 65.6 Å². The van der Waals surface area contributed by atoms with Crippen molar-refractivity contribution in [2.45, 2.75) is 33.5 Å². The zero-order valence-corrected chi connectivity index (χ0v) is 21.2. The summed E-state index contributed by atoms with van der Waals surface area (Å²) in [7, 11) is 0. The van der Waals surface area contributed by atoms with E-state index in [1.807, 2.05) is 25.1 Å². The molecule has 0 aliphatic carbocycles. The number of carbonyl (C=O) groups excluding carboxylic acids is 3. The lowest BCUT2D eigenvalue weighted by molar-refractivity contribution is -0.149. The van der Waals surface area contributed by atoms with E-state index in [4.69, 9.17) is 14.2 Å². The fourth-order valence-electron chi connectivity index (χ4n) is 3.71. The Morgan fingerprint density at radius 2 is 1.75 bits per heavy atom. The second kappa shape index (κ2) is 11.3. The Kier molecular flexibility index (Phi) is 7.95. The molecule has 1 heterocycles. The van der Waals surface area contributed by atoms with Crippen LogP contribution >= 0.6 is 11.8 Å². The molecule has 3 aromatic rings. The summed E-state index contributed by atoms with van der Waals surface area (Å²) in [5, 5.41) is 1.81. The first-order valence-corrected chi connectivity index (χ1v) is 12.5. The molecule has 1 fully saturated rings. The van der Waals surface area contributed by atoms with E-state index in [-0.39, 0.29) is 11.0 Å². The number of imide groups is 1. The number of esters is 1. The second-order valence-corrected chi connectivity index (χ2v) is 9.41. The van der Waals surface area contributed by atoms with Gasteiger partial charge in [-0.05, 0) is 78.7 Å². The Bertz CT molecular complexity index is 1330. The van der Waals surface area contributed by atoms with Crippen LogP contribution in [-0.4, -0.2) is 41.3 Å². The summed E-state index contributed by atoms with van der Waals surface area (Å²) in [6, 6.07) is 19.7. The highest BCUT2D eigenvalue weighted by Gasteiger charge is 2.36. The maximum Gasteiger partial charge on any atom is 0.326 e. The van der Waals surface area contributed by atoms with Gasteiger partial charge in [0.15, 0.2) is 11.5 Å². The monoisotopic (exact) mass is 505 g/mol. The number of rotatable bonds is 9. The van der Waals surface area contributed by atoms with Crippen LogP contribution in [0.1, 0.15) is 31.9 Å². The molecule has 8 heteroatoms. The molecule has 0 unspecified atom stereocenters. The van der Waals surface area contributed by atoms with E-state index in [0.717, 1.165) is 27.6 Å². The first-order valence-electron chi connectivity index (χ1n) is 11.7. The quantitative estimate of drug-likeness (QED) is 0.268. The summed E-state index contributed by atoms with van der Waals surface area (Å²) in [6.45, 7) is 5.68. The molecule has 1 saturated heterocycles. The lowest BCUT2D eigenvalue weighted by Gasteiger charge is -2.14. The molecule has 0 atom stereocenters. The van der Waals surface area contributed by atoms with Crippen LogP contribution in [0.3, 0.4) is 0 Å². The third kappa shape index (κ3) is 6.07. The number of amides is 2. The predicted molar refractivity (Wildman–Crippen MR) is 140 cm³/mol. The molecule has 186 valence electrons. The topological polar surface area (TPSA) is 82.1 Å². The van der Waals surface area contributed by atoms with E-state index in [0.29, 0.717) is 30.3 Å². The maximum atomic E-state index is 12.7. The zero-order chi connectivity index (χ0) is 25.7. The van der Waals surface area contributed by atoms with Gasteiger partial charge in [-0.1, -0.05) is 42.5 Å². The fraction of sp³-hybridized carbons (Fsp3) is 0.250. The van der Waals surface area contributed by atoms with Gasteiger partial charge in [0, 0.05) is 0 Å². The zero-order valence-electron chi connectivity index (χ0n) is 20.4. The Morgan fingerprint density at radius 1 is 0.972 bits per heavy atom. The van der Waals surface area contributed by atoms with Gasteiger partial charge in [-0.15, -0.1) is 0 Å². The molecule has 0 bridgehead atoms. The Hall–Kier alpha value is -3.78. The molecule has 2 amide bonds. The fourth-order valence-corrected chi connectivity index (χ4v) is 4.55. The SMILES string of the molecule is CCOc1cc(/C=C2\SC(=O)N(CC(=O)OC(C)C)C2=O)ccc1OCc1ccc2ccccc2c1. The Labute approximate surface area is 214 Å². The molecule has 1 aliphatic heterocycles. The number of benzene rings is 3. The van der Waals surface area contributed by atoms with Crippen molar-refractivity contribution in [3.63, 3.8) is 0 Å². The smallest absolute Gasteiger partial charge is 0.326 e. The minimum Gasteiger partial charge on any atom is -0.490 e. The highest BCUT2D eigenvalue weighted by molar-refractivity contribution is 8.18. The number of fused-ring (bicyclic) bond motifs is 1. The van der Waals surface area contributed by atoms with Crippen LogP contribution < -0.4 is 9.47 Å². The van der Waals surface area contributed by atoms with Crippen molar-refractivity contribution in [1.82, 2.24) is 4.90 Å². The highest BCUT2D eigenvalue weighted by atomic mass is 32.2. The molecule has 1 aliphatic rings. The summed E-state index contributed by atoms with van der Waals surface area (Å²) in [5.41, 5.74) is 1.71. The molecule has 3 aromatic carbocycles. The van der Waals surface area contributed by atoms with Gasteiger partial charge in [0.05, 0.1) is 17.6 Å². The highest BCUT2D eigenvalue weighted by Crippen LogP contribution is 2.35. The van der Waals surface area contributed by atoms with Crippen molar-refractivity contribution in [1.29, 1.82) is 0 Å². The molecular weight excluding hydrogens is 478 g/mol. The van der Waals surface area contributed by atoms with Gasteiger partial charge < -0.3 is 14.2 Å². The normalized spacial score (nSPS) is 14.7. The van der Waals surface area contributed by atoms with E-state index in [2.05, 4.69) is 24.3 Å². The minimum absolute atomic E-state index is 0.227. The largest absolute Gasteiger partial charge is 0.490 e. The number of hydrogen-bond donors (Lipinski definition) is 0. The molecule has 0 radical (unpaired) electrons. The number of nitrogens with zero attached hydrogens (tertiary/aromatic N) is 1. The van der Waals surface area contributed by atoms with Crippen LogP contribution in [0.25, 0.3) is 16.8 Å². The van der Waals surface area contributed by atoms with Gasteiger partial charge in [-0.3, -0.25) is 19.3 Å². The molecule has 4 rings (SSSR count). The molecule has 0 spiro atoms. The Balaban J connectivity index is 1.48. The first kappa shape index (κ1) is 25.3. The molecule has 0 N–H and O–H groups in total. The van der Waals surface area contributed by atoms with Crippen molar-refractivity contribution in [3.05, 3.63) is 76.7 Å². The van der Waals surface area contributed by atoms with Crippen LogP contribution in [0.5, 0.6) is 11.5 Å². The third-order valence-electron chi connectivity index (χ3n) is 5.30. The second-order valence-electron chi connectivity index (χ2n) is 8.42. The van der Waals surface area contributed by atoms with Crippen LogP contribution in [-0.2, 0) is 20.9 Å². The van der Waals surface area contributed by atoms with Gasteiger partial charge in [0.2, 0.25) is 0 Å². The summed E-state index contributed by atoms with van der Waals surface area (Å²) in [6.07, 6.45) is 1.28. The minimum atomic E-state index is -0.625. The van der Waals surface area contributed by atoms with E-state index in [1.54, 1.807) is 38.1 Å². The van der Waals surface area contributed by atoms with Gasteiger partial charge in [-0.2, -0.15) is 0 Å². The average molecular weight is 506 g/mol. The summed E-state index contributed by atoms with van der Waals surface area (Å²) >= 11 is 0.788. The molecule has 36 heavy (non-hydrogen) atoms. The lowest BCUT2D eigenvalue weighted by Crippen LogP contribution is -2.35. The number of carbonyl (C=O) groups is 3. The van der Waals surface area contributed by atoms with Crippen molar-refractivity contribution in [2.75, 3.05) is 13.2 Å².